The summed E-state index contributed by atoms with van der Waals surface area (Å²) in [6.07, 6.45) is 2.47. The number of methoxy groups -OCH3 is 2. The highest BCUT2D eigenvalue weighted by molar-refractivity contribution is 7.98. The molecule has 2 rings (SSSR count). The Hall–Kier alpha value is -1.73. The number of rotatable bonds is 7. The topological polar surface area (TPSA) is 60.5 Å². The van der Waals surface area contributed by atoms with E-state index in [4.69, 9.17) is 9.47 Å². The number of thioether (sulfide) groups is 1. The molecule has 0 aliphatic heterocycles. The number of nitrogens with one attached hydrogen (secondary N) is 1. The average molecular weight is 338 g/mol. The summed E-state index contributed by atoms with van der Waals surface area (Å²) in [5, 5.41) is 5.33. The van der Waals surface area contributed by atoms with E-state index in [-0.39, 0.29) is 5.91 Å². The minimum atomic E-state index is -0.0115. The van der Waals surface area contributed by atoms with Crippen molar-refractivity contribution < 1.29 is 14.3 Å². The zero-order valence-electron chi connectivity index (χ0n) is 12.7. The average Bonchev–Trinajstić information content (AvgIpc) is 3.00. The van der Waals surface area contributed by atoms with Gasteiger partial charge in [0.1, 0.15) is 0 Å². The maximum absolute atomic E-state index is 11.7. The smallest absolute Gasteiger partial charge is 0.226 e. The fraction of sp³-hybridized carbons (Fsp3) is 0.333. The van der Waals surface area contributed by atoms with E-state index in [1.807, 2.05) is 29.8 Å². The maximum Gasteiger partial charge on any atom is 0.226 e. The molecule has 1 heterocycles. The Labute approximate surface area is 138 Å². The molecule has 1 amide bonds. The molecule has 0 saturated heterocycles. The molecule has 1 N–H and O–H groups in total. The Bertz CT molecular complexity index is 643. The number of thiazole rings is 1. The van der Waals surface area contributed by atoms with Crippen LogP contribution in [0.2, 0.25) is 0 Å². The molecule has 0 bridgehead atoms. The van der Waals surface area contributed by atoms with E-state index in [0.29, 0.717) is 23.1 Å². The van der Waals surface area contributed by atoms with Gasteiger partial charge >= 0.3 is 0 Å². The summed E-state index contributed by atoms with van der Waals surface area (Å²) in [7, 11) is 3.20. The van der Waals surface area contributed by atoms with Gasteiger partial charge in [-0.25, -0.2) is 4.98 Å². The van der Waals surface area contributed by atoms with Crippen LogP contribution in [0.25, 0.3) is 11.3 Å². The van der Waals surface area contributed by atoms with E-state index < -0.39 is 0 Å². The zero-order chi connectivity index (χ0) is 15.9. The largest absolute Gasteiger partial charge is 0.493 e. The summed E-state index contributed by atoms with van der Waals surface area (Å²) < 4.78 is 10.5. The summed E-state index contributed by atoms with van der Waals surface area (Å²) in [6.45, 7) is 0. The number of amides is 1. The van der Waals surface area contributed by atoms with Crippen molar-refractivity contribution >= 4 is 34.1 Å². The first-order valence-corrected chi connectivity index (χ1v) is 8.92. The Kier molecular flexibility index (Phi) is 6.09. The highest BCUT2D eigenvalue weighted by atomic mass is 32.2. The van der Waals surface area contributed by atoms with Gasteiger partial charge in [-0.15, -0.1) is 11.3 Å². The van der Waals surface area contributed by atoms with Gasteiger partial charge in [-0.3, -0.25) is 4.79 Å². The minimum Gasteiger partial charge on any atom is -0.493 e. The second-order valence-electron chi connectivity index (χ2n) is 4.40. The summed E-state index contributed by atoms with van der Waals surface area (Å²) >= 11 is 3.05. The standard InChI is InChI=1S/C15H18N2O3S2/c1-19-12-5-4-10(8-13(12)20-2)11-9-22-15(16-11)17-14(18)6-7-21-3/h4-5,8-9H,6-7H2,1-3H3,(H,16,17,18). The van der Waals surface area contributed by atoms with Crippen molar-refractivity contribution in [2.75, 3.05) is 31.5 Å². The van der Waals surface area contributed by atoms with E-state index in [9.17, 15) is 4.79 Å². The third-order valence-corrected chi connectivity index (χ3v) is 4.33. The molecule has 118 valence electrons. The molecule has 7 heteroatoms. The molecule has 0 atom stereocenters. The quantitative estimate of drug-likeness (QED) is 0.837. The molecule has 0 aliphatic carbocycles. The predicted molar refractivity (Wildman–Crippen MR) is 92.3 cm³/mol. The van der Waals surface area contributed by atoms with Gasteiger partial charge in [0.15, 0.2) is 16.6 Å². The fourth-order valence-corrected chi connectivity index (χ4v) is 2.96. The molecule has 0 fully saturated rings. The van der Waals surface area contributed by atoms with Crippen molar-refractivity contribution in [1.29, 1.82) is 0 Å². The molecular formula is C15H18N2O3S2. The maximum atomic E-state index is 11.7. The van der Waals surface area contributed by atoms with Gasteiger partial charge in [-0.1, -0.05) is 0 Å². The molecule has 1 aromatic carbocycles. The Morgan fingerprint density at radius 3 is 2.77 bits per heavy atom. The van der Waals surface area contributed by atoms with Gasteiger partial charge in [0.05, 0.1) is 19.9 Å². The van der Waals surface area contributed by atoms with Crippen molar-refractivity contribution in [2.24, 2.45) is 0 Å². The lowest BCUT2D eigenvalue weighted by atomic mass is 10.1. The molecule has 0 radical (unpaired) electrons. The van der Waals surface area contributed by atoms with Crippen LogP contribution in [-0.4, -0.2) is 37.1 Å². The normalized spacial score (nSPS) is 10.3. The molecule has 22 heavy (non-hydrogen) atoms. The van der Waals surface area contributed by atoms with Crippen LogP contribution in [0.5, 0.6) is 11.5 Å². The summed E-state index contributed by atoms with van der Waals surface area (Å²) in [5.41, 5.74) is 1.71. The number of aromatic nitrogens is 1. The third kappa shape index (κ3) is 4.14. The second-order valence-corrected chi connectivity index (χ2v) is 6.24. The van der Waals surface area contributed by atoms with Crippen LogP contribution >= 0.6 is 23.1 Å². The predicted octanol–water partition coefficient (Wildman–Crippen LogP) is 3.52. The van der Waals surface area contributed by atoms with Gasteiger partial charge in [0, 0.05) is 23.1 Å². The van der Waals surface area contributed by atoms with Crippen molar-refractivity contribution in [2.45, 2.75) is 6.42 Å². The van der Waals surface area contributed by atoms with E-state index in [1.165, 1.54) is 11.3 Å². The number of carbonyl (C=O) groups is 1. The molecule has 0 saturated carbocycles. The van der Waals surface area contributed by atoms with Crippen LogP contribution in [0.3, 0.4) is 0 Å². The third-order valence-electron chi connectivity index (χ3n) is 2.96. The van der Waals surface area contributed by atoms with E-state index >= 15 is 0 Å². The van der Waals surface area contributed by atoms with Crippen LogP contribution in [0, 0.1) is 0 Å². The van der Waals surface area contributed by atoms with E-state index in [1.54, 1.807) is 26.0 Å². The molecule has 1 aromatic heterocycles. The lowest BCUT2D eigenvalue weighted by Gasteiger charge is -2.08. The summed E-state index contributed by atoms with van der Waals surface area (Å²) in [4.78, 5) is 16.1. The summed E-state index contributed by atoms with van der Waals surface area (Å²) in [5.74, 6) is 2.12. The highest BCUT2D eigenvalue weighted by Gasteiger charge is 2.10. The zero-order valence-corrected chi connectivity index (χ0v) is 14.3. The number of hydrogen-bond acceptors (Lipinski definition) is 6. The first-order valence-electron chi connectivity index (χ1n) is 6.64. The monoisotopic (exact) mass is 338 g/mol. The Balaban J connectivity index is 2.12. The molecule has 0 unspecified atom stereocenters. The highest BCUT2D eigenvalue weighted by Crippen LogP contribution is 2.33. The number of nitrogens with zero attached hydrogens (tertiary/aromatic N) is 1. The van der Waals surface area contributed by atoms with Crippen LogP contribution in [0.15, 0.2) is 23.6 Å². The first-order chi connectivity index (χ1) is 10.7. The number of ether oxygens (including phenoxy) is 2. The van der Waals surface area contributed by atoms with Crippen LogP contribution in [0.1, 0.15) is 6.42 Å². The summed E-state index contributed by atoms with van der Waals surface area (Å²) in [6, 6.07) is 5.62. The second kappa shape index (κ2) is 8.05. The van der Waals surface area contributed by atoms with Gasteiger partial charge < -0.3 is 14.8 Å². The van der Waals surface area contributed by atoms with Crippen LogP contribution < -0.4 is 14.8 Å². The van der Waals surface area contributed by atoms with Crippen molar-refractivity contribution in [1.82, 2.24) is 4.98 Å². The van der Waals surface area contributed by atoms with Crippen molar-refractivity contribution in [3.8, 4) is 22.8 Å². The molecule has 5 nitrogen and oxygen atoms in total. The van der Waals surface area contributed by atoms with Crippen molar-refractivity contribution in [3.63, 3.8) is 0 Å². The van der Waals surface area contributed by atoms with Gasteiger partial charge in [0.25, 0.3) is 0 Å². The molecule has 0 aliphatic rings. The number of carbonyl (C=O) groups excluding carboxylic acids is 1. The lowest BCUT2D eigenvalue weighted by Crippen LogP contribution is -2.11. The van der Waals surface area contributed by atoms with Crippen molar-refractivity contribution in [3.05, 3.63) is 23.6 Å². The fourth-order valence-electron chi connectivity index (χ4n) is 1.84. The van der Waals surface area contributed by atoms with E-state index in [2.05, 4.69) is 10.3 Å². The lowest BCUT2D eigenvalue weighted by molar-refractivity contribution is -0.115. The van der Waals surface area contributed by atoms with Gasteiger partial charge in [-0.2, -0.15) is 11.8 Å². The van der Waals surface area contributed by atoms with Crippen LogP contribution in [-0.2, 0) is 4.79 Å². The number of benzene rings is 1. The molecule has 2 aromatic rings. The van der Waals surface area contributed by atoms with Gasteiger partial charge in [-0.05, 0) is 24.5 Å². The van der Waals surface area contributed by atoms with Crippen LogP contribution in [0.4, 0.5) is 5.13 Å². The van der Waals surface area contributed by atoms with E-state index in [0.717, 1.165) is 17.0 Å². The SMILES string of the molecule is COc1ccc(-c2csc(NC(=O)CCSC)n2)cc1OC. The molecular weight excluding hydrogens is 320 g/mol. The number of hydrogen-bond donors (Lipinski definition) is 1. The minimum absolute atomic E-state index is 0.0115. The first kappa shape index (κ1) is 16.6. The Morgan fingerprint density at radius 2 is 2.09 bits per heavy atom. The molecule has 0 spiro atoms. The van der Waals surface area contributed by atoms with Gasteiger partial charge in [0.2, 0.25) is 5.91 Å². The number of anilines is 1. The Morgan fingerprint density at radius 1 is 1.32 bits per heavy atom.